The highest BCUT2D eigenvalue weighted by atomic mass is 16.7. The van der Waals surface area contributed by atoms with Gasteiger partial charge < -0.3 is 33.9 Å². The minimum Gasteiger partial charge on any atom is -0.459 e. The van der Waals surface area contributed by atoms with Crippen LogP contribution < -0.4 is 0 Å². The normalized spacial score (nSPS) is 60.8. The maximum absolute atomic E-state index is 13.1. The van der Waals surface area contributed by atoms with E-state index in [1.54, 1.807) is 14.2 Å². The number of aliphatic hydroxyl groups excluding tert-OH is 1. The fourth-order valence-corrected chi connectivity index (χ4v) is 11.1. The summed E-state index contributed by atoms with van der Waals surface area (Å²) in [4.78, 5) is 15.0. The van der Waals surface area contributed by atoms with Gasteiger partial charge in [0.2, 0.25) is 0 Å². The lowest BCUT2D eigenvalue weighted by molar-refractivity contribution is -0.323. The maximum atomic E-state index is 13.1. The van der Waals surface area contributed by atoms with Crippen LogP contribution in [0.25, 0.3) is 0 Å². The van der Waals surface area contributed by atoms with Crippen LogP contribution in [0.5, 0.6) is 0 Å². The average Bonchev–Trinajstić information content (AvgIpc) is 3.32. The Bertz CT molecular complexity index is 917. The van der Waals surface area contributed by atoms with Crippen LogP contribution in [0.15, 0.2) is 0 Å². The van der Waals surface area contributed by atoms with Gasteiger partial charge in [-0.05, 0) is 31.7 Å². The van der Waals surface area contributed by atoms with Crippen molar-refractivity contribution in [1.29, 1.82) is 0 Å². The van der Waals surface area contributed by atoms with E-state index in [0.29, 0.717) is 12.8 Å². The van der Waals surface area contributed by atoms with E-state index in [4.69, 9.17) is 23.7 Å². The van der Waals surface area contributed by atoms with Gasteiger partial charge in [-0.2, -0.15) is 0 Å². The molecule has 7 bridgehead atoms. The van der Waals surface area contributed by atoms with Crippen molar-refractivity contribution in [2.45, 2.75) is 86.8 Å². The molecule has 5 aliphatic carbocycles. The Morgan fingerprint density at radius 1 is 1.18 bits per heavy atom. The van der Waals surface area contributed by atoms with Gasteiger partial charge in [0.25, 0.3) is 0 Å². The minimum absolute atomic E-state index is 0.0390. The van der Waals surface area contributed by atoms with Crippen LogP contribution in [0.1, 0.15) is 39.5 Å². The van der Waals surface area contributed by atoms with E-state index >= 15 is 0 Å². The molecule has 0 aromatic heterocycles. The highest BCUT2D eigenvalue weighted by Gasteiger charge is 2.96. The number of likely N-dealkylation sites (tertiary alicyclic amines) is 1. The molecule has 0 amide bonds. The number of esters is 1. The molecule has 9 nitrogen and oxygen atoms in total. The van der Waals surface area contributed by atoms with Crippen molar-refractivity contribution in [3.8, 4) is 0 Å². The Morgan fingerprint density at radius 2 is 1.97 bits per heavy atom. The molecule has 2 N–H and O–H groups in total. The van der Waals surface area contributed by atoms with Crippen molar-refractivity contribution in [2.24, 2.45) is 29.1 Å². The Labute approximate surface area is 200 Å². The molecular weight excluding hydrogens is 442 g/mol. The zero-order chi connectivity index (χ0) is 23.8. The molecule has 5 saturated carbocycles. The van der Waals surface area contributed by atoms with Crippen molar-refractivity contribution in [3.05, 3.63) is 0 Å². The van der Waals surface area contributed by atoms with E-state index < -0.39 is 40.3 Å². The summed E-state index contributed by atoms with van der Waals surface area (Å²) >= 11 is 0. The quantitative estimate of drug-likeness (QED) is 0.551. The molecule has 7 aliphatic rings. The maximum Gasteiger partial charge on any atom is 0.303 e. The van der Waals surface area contributed by atoms with Gasteiger partial charge in [0.1, 0.15) is 18.5 Å². The molecule has 2 heterocycles. The van der Waals surface area contributed by atoms with Crippen LogP contribution in [0.2, 0.25) is 0 Å². The molecule has 0 aromatic carbocycles. The summed E-state index contributed by atoms with van der Waals surface area (Å²) in [6.07, 6.45) is 0.750. The third kappa shape index (κ3) is 1.97. The molecule has 34 heavy (non-hydrogen) atoms. The number of piperidine rings is 1. The summed E-state index contributed by atoms with van der Waals surface area (Å²) in [7, 11) is 3.39. The number of hydrogen-bond donors (Lipinski definition) is 2. The fraction of sp³-hybridized carbons (Fsp3) is 0.960. The molecular formula is C25H37NO8. The lowest BCUT2D eigenvalue weighted by atomic mass is 9.43. The number of likely N-dealkylation sites (N-methyl/N-ethyl adjacent to an activating group) is 1. The highest BCUT2D eigenvalue weighted by Crippen LogP contribution is 2.82. The molecule has 13 unspecified atom stereocenters. The van der Waals surface area contributed by atoms with E-state index in [0.717, 1.165) is 25.9 Å². The zero-order valence-corrected chi connectivity index (χ0v) is 20.4. The average molecular weight is 480 g/mol. The fourth-order valence-electron chi connectivity index (χ4n) is 11.1. The summed E-state index contributed by atoms with van der Waals surface area (Å²) in [5.74, 6) is -1.02. The number of carbonyl (C=O) groups is 1. The van der Waals surface area contributed by atoms with Gasteiger partial charge in [0, 0.05) is 51.9 Å². The number of fused-ring (bicyclic) bond motifs is 1. The summed E-state index contributed by atoms with van der Waals surface area (Å²) in [5, 5.41) is 24.8. The van der Waals surface area contributed by atoms with Crippen molar-refractivity contribution >= 4 is 5.97 Å². The molecule has 7 fully saturated rings. The molecule has 7 rings (SSSR count). The first-order valence-corrected chi connectivity index (χ1v) is 12.9. The molecule has 2 saturated heterocycles. The second kappa shape index (κ2) is 6.73. The predicted molar refractivity (Wildman–Crippen MR) is 116 cm³/mol. The third-order valence-corrected chi connectivity index (χ3v) is 11.5. The standard InChI is InChI=1S/C25H37NO8/c1-5-26-10-13-6-7-16(31-4)24-17(13)20(34-12(2)27)25(21(24)26)23(32-11-33-25)9-15(30-3)14-8-22(24,29)19(23)18(14)28/h13-21,28-29H,5-11H2,1-4H3. The van der Waals surface area contributed by atoms with Crippen LogP contribution in [0.3, 0.4) is 0 Å². The van der Waals surface area contributed by atoms with Crippen molar-refractivity contribution < 1.29 is 38.7 Å². The van der Waals surface area contributed by atoms with Gasteiger partial charge >= 0.3 is 5.97 Å². The van der Waals surface area contributed by atoms with E-state index in [2.05, 4.69) is 11.8 Å². The summed E-state index contributed by atoms with van der Waals surface area (Å²) in [6.45, 7) is 5.27. The number of aliphatic hydroxyl groups is 2. The monoisotopic (exact) mass is 479 g/mol. The molecule has 0 radical (unpaired) electrons. The van der Waals surface area contributed by atoms with Crippen LogP contribution in [0.4, 0.5) is 0 Å². The zero-order valence-electron chi connectivity index (χ0n) is 20.4. The first-order valence-electron chi connectivity index (χ1n) is 12.9. The number of ether oxygens (including phenoxy) is 5. The van der Waals surface area contributed by atoms with Gasteiger partial charge in [-0.1, -0.05) is 6.92 Å². The minimum atomic E-state index is -1.26. The van der Waals surface area contributed by atoms with Crippen LogP contribution in [-0.4, -0.2) is 102 Å². The molecule has 190 valence electrons. The lowest BCUT2D eigenvalue weighted by Gasteiger charge is -2.70. The Balaban J connectivity index is 1.59. The smallest absolute Gasteiger partial charge is 0.303 e. The lowest BCUT2D eigenvalue weighted by Crippen LogP contribution is -2.85. The van der Waals surface area contributed by atoms with Crippen molar-refractivity contribution in [3.63, 3.8) is 0 Å². The van der Waals surface area contributed by atoms with Crippen LogP contribution in [0, 0.1) is 29.1 Å². The topological polar surface area (TPSA) is 107 Å². The Morgan fingerprint density at radius 3 is 2.65 bits per heavy atom. The van der Waals surface area contributed by atoms with Gasteiger partial charge in [-0.3, -0.25) is 9.69 Å². The number of carbonyl (C=O) groups excluding carboxylic acids is 1. The van der Waals surface area contributed by atoms with E-state index in [-0.39, 0.29) is 48.8 Å². The van der Waals surface area contributed by atoms with Gasteiger partial charge in [0.15, 0.2) is 5.60 Å². The molecule has 13 atom stereocenters. The van der Waals surface area contributed by atoms with Gasteiger partial charge in [-0.15, -0.1) is 0 Å². The SMILES string of the molecule is CCN1CC2CCC(OC)C34C2C(OC(C)=O)C2(OCOC25CC(OC)C2CC3(O)C5C2O)C14. The summed E-state index contributed by atoms with van der Waals surface area (Å²) < 4.78 is 31.7. The Hall–Kier alpha value is -0.810. The molecule has 2 aliphatic heterocycles. The van der Waals surface area contributed by atoms with E-state index in [1.165, 1.54) is 6.92 Å². The van der Waals surface area contributed by atoms with Gasteiger partial charge in [0.05, 0.1) is 35.4 Å². The molecule has 9 heteroatoms. The molecule has 3 spiro atoms. The second-order valence-corrected chi connectivity index (χ2v) is 11.9. The number of rotatable bonds is 4. The third-order valence-electron chi connectivity index (χ3n) is 11.5. The summed E-state index contributed by atoms with van der Waals surface area (Å²) in [6, 6.07) is -0.258. The predicted octanol–water partition coefficient (Wildman–Crippen LogP) is 0.306. The van der Waals surface area contributed by atoms with Gasteiger partial charge in [-0.25, -0.2) is 0 Å². The largest absolute Gasteiger partial charge is 0.459 e. The number of hydrogen-bond acceptors (Lipinski definition) is 9. The summed E-state index contributed by atoms with van der Waals surface area (Å²) in [5.41, 5.74) is -4.06. The first kappa shape index (κ1) is 22.4. The van der Waals surface area contributed by atoms with E-state index in [1.807, 2.05) is 0 Å². The van der Waals surface area contributed by atoms with Crippen LogP contribution in [-0.2, 0) is 28.5 Å². The number of methoxy groups -OCH3 is 2. The highest BCUT2D eigenvalue weighted by molar-refractivity contribution is 5.67. The first-order chi connectivity index (χ1) is 16.3. The second-order valence-electron chi connectivity index (χ2n) is 11.9. The number of nitrogens with zero attached hydrogens (tertiary/aromatic N) is 1. The Kier molecular flexibility index (Phi) is 4.44. The van der Waals surface area contributed by atoms with Crippen molar-refractivity contribution in [2.75, 3.05) is 34.1 Å². The van der Waals surface area contributed by atoms with E-state index in [9.17, 15) is 15.0 Å². The molecule has 0 aromatic rings. The van der Waals surface area contributed by atoms with Crippen molar-refractivity contribution in [1.82, 2.24) is 4.90 Å². The van der Waals surface area contributed by atoms with Crippen LogP contribution >= 0.6 is 0 Å².